The van der Waals surface area contributed by atoms with Crippen LogP contribution >= 0.6 is 0 Å². The topological polar surface area (TPSA) is 33.1 Å². The molecular weight excluding hydrogens is 260 g/mol. The van der Waals surface area contributed by atoms with Crippen molar-refractivity contribution in [2.24, 2.45) is 5.41 Å². The Kier molecular flexibility index (Phi) is 4.10. The first-order valence-corrected chi connectivity index (χ1v) is 8.45. The third-order valence-corrected chi connectivity index (χ3v) is 5.35. The van der Waals surface area contributed by atoms with Gasteiger partial charge in [-0.1, -0.05) is 33.6 Å². The predicted octanol–water partition coefficient (Wildman–Crippen LogP) is 2.52. The molecule has 1 aliphatic carbocycles. The van der Waals surface area contributed by atoms with Gasteiger partial charge in [-0.25, -0.2) is 0 Å². The van der Waals surface area contributed by atoms with E-state index in [9.17, 15) is 0 Å². The molecule has 1 spiro atoms. The van der Waals surface area contributed by atoms with E-state index in [2.05, 4.69) is 47.0 Å². The lowest BCUT2D eigenvalue weighted by molar-refractivity contribution is 0.0209. The molecule has 1 unspecified atom stereocenters. The molecule has 4 nitrogen and oxygen atoms in total. The first kappa shape index (κ1) is 15.0. The molecule has 0 radical (unpaired) electrons. The maximum absolute atomic E-state index is 4.35. The molecule has 1 N–H and O–H groups in total. The second kappa shape index (κ2) is 5.73. The van der Waals surface area contributed by atoms with Crippen molar-refractivity contribution in [3.8, 4) is 0 Å². The summed E-state index contributed by atoms with van der Waals surface area (Å²) in [6.07, 6.45) is 9.42. The van der Waals surface area contributed by atoms with Crippen molar-refractivity contribution < 1.29 is 0 Å². The van der Waals surface area contributed by atoms with Crippen LogP contribution < -0.4 is 5.32 Å². The highest BCUT2D eigenvalue weighted by molar-refractivity contribution is 5.03. The molecule has 4 heteroatoms. The van der Waals surface area contributed by atoms with Crippen molar-refractivity contribution in [2.75, 3.05) is 19.6 Å². The third kappa shape index (κ3) is 3.32. The van der Waals surface area contributed by atoms with Crippen LogP contribution in [-0.4, -0.2) is 45.9 Å². The maximum atomic E-state index is 4.35. The van der Waals surface area contributed by atoms with Crippen LogP contribution in [-0.2, 0) is 6.54 Å². The molecule has 1 saturated carbocycles. The molecule has 3 rings (SSSR count). The molecule has 2 heterocycles. The standard InChI is InChI=1S/C17H30N4/c1-16(2,3)15-13-18-17(7-4-5-8-17)14-20(15)11-12-21-10-6-9-19-21/h6,9-10,15,18H,4-5,7-8,11-14H2,1-3H3. The van der Waals surface area contributed by atoms with Crippen LogP contribution in [0.25, 0.3) is 0 Å². The van der Waals surface area contributed by atoms with Gasteiger partial charge in [0.2, 0.25) is 0 Å². The van der Waals surface area contributed by atoms with Crippen molar-refractivity contribution in [1.29, 1.82) is 0 Å². The summed E-state index contributed by atoms with van der Waals surface area (Å²) in [4.78, 5) is 2.73. The average Bonchev–Trinajstić information content (AvgIpc) is 3.07. The van der Waals surface area contributed by atoms with E-state index in [1.165, 1.54) is 32.2 Å². The lowest BCUT2D eigenvalue weighted by atomic mass is 9.81. The molecule has 21 heavy (non-hydrogen) atoms. The smallest absolute Gasteiger partial charge is 0.0536 e. The van der Waals surface area contributed by atoms with Gasteiger partial charge in [0.15, 0.2) is 0 Å². The van der Waals surface area contributed by atoms with Crippen LogP contribution in [0.3, 0.4) is 0 Å². The average molecular weight is 290 g/mol. The number of hydrogen-bond acceptors (Lipinski definition) is 3. The van der Waals surface area contributed by atoms with Crippen molar-refractivity contribution in [3.63, 3.8) is 0 Å². The normalized spacial score (nSPS) is 26.5. The quantitative estimate of drug-likeness (QED) is 0.928. The molecule has 2 fully saturated rings. The van der Waals surface area contributed by atoms with Gasteiger partial charge >= 0.3 is 0 Å². The molecule has 1 aliphatic heterocycles. The summed E-state index contributed by atoms with van der Waals surface area (Å²) in [6, 6.07) is 2.62. The highest BCUT2D eigenvalue weighted by Crippen LogP contribution is 2.36. The largest absolute Gasteiger partial charge is 0.308 e. The fourth-order valence-electron chi connectivity index (χ4n) is 4.14. The third-order valence-electron chi connectivity index (χ3n) is 5.35. The van der Waals surface area contributed by atoms with Gasteiger partial charge in [-0.05, 0) is 24.3 Å². The monoisotopic (exact) mass is 290 g/mol. The van der Waals surface area contributed by atoms with Crippen molar-refractivity contribution >= 4 is 0 Å². The molecule has 1 atom stereocenters. The lowest BCUT2D eigenvalue weighted by Crippen LogP contribution is -2.66. The number of nitrogens with one attached hydrogen (secondary N) is 1. The van der Waals surface area contributed by atoms with Gasteiger partial charge in [0, 0.05) is 43.6 Å². The van der Waals surface area contributed by atoms with E-state index < -0.39 is 0 Å². The zero-order valence-corrected chi connectivity index (χ0v) is 13.8. The van der Waals surface area contributed by atoms with Gasteiger partial charge < -0.3 is 5.32 Å². The van der Waals surface area contributed by atoms with Gasteiger partial charge in [-0.15, -0.1) is 0 Å². The summed E-state index contributed by atoms with van der Waals surface area (Å²) < 4.78 is 2.06. The Morgan fingerprint density at radius 2 is 2.00 bits per heavy atom. The molecule has 1 aromatic rings. The second-order valence-electron chi connectivity index (χ2n) is 7.99. The minimum absolute atomic E-state index is 0.317. The van der Waals surface area contributed by atoms with Crippen LogP contribution in [0.2, 0.25) is 0 Å². The minimum Gasteiger partial charge on any atom is -0.308 e. The molecule has 0 aromatic carbocycles. The minimum atomic E-state index is 0.317. The summed E-state index contributed by atoms with van der Waals surface area (Å²) >= 11 is 0. The molecule has 1 aromatic heterocycles. The SMILES string of the molecule is CC(C)(C)C1CNC2(CCCC2)CN1CCn1cccn1. The zero-order chi connectivity index (χ0) is 14.9. The fourth-order valence-corrected chi connectivity index (χ4v) is 4.14. The van der Waals surface area contributed by atoms with Gasteiger partial charge in [0.1, 0.15) is 0 Å². The highest BCUT2D eigenvalue weighted by Gasteiger charge is 2.43. The van der Waals surface area contributed by atoms with E-state index in [1.807, 2.05) is 12.3 Å². The van der Waals surface area contributed by atoms with E-state index in [4.69, 9.17) is 0 Å². The van der Waals surface area contributed by atoms with E-state index in [0.717, 1.165) is 19.6 Å². The highest BCUT2D eigenvalue weighted by atomic mass is 15.3. The van der Waals surface area contributed by atoms with E-state index in [-0.39, 0.29) is 0 Å². The van der Waals surface area contributed by atoms with E-state index in [0.29, 0.717) is 17.0 Å². The van der Waals surface area contributed by atoms with Crippen LogP contribution in [0.15, 0.2) is 18.5 Å². The summed E-state index contributed by atoms with van der Waals surface area (Å²) in [5.41, 5.74) is 0.712. The first-order valence-electron chi connectivity index (χ1n) is 8.45. The molecule has 2 aliphatic rings. The Labute approximate surface area is 128 Å². The second-order valence-corrected chi connectivity index (χ2v) is 7.99. The molecule has 0 amide bonds. The Morgan fingerprint density at radius 3 is 2.62 bits per heavy atom. The van der Waals surface area contributed by atoms with Gasteiger partial charge in [-0.2, -0.15) is 5.10 Å². The summed E-state index contributed by atoms with van der Waals surface area (Å²) in [6.45, 7) is 11.5. The van der Waals surface area contributed by atoms with Crippen molar-refractivity contribution in [3.05, 3.63) is 18.5 Å². The zero-order valence-electron chi connectivity index (χ0n) is 13.8. The fraction of sp³-hybridized carbons (Fsp3) is 0.824. The van der Waals surface area contributed by atoms with Crippen molar-refractivity contribution in [2.45, 2.75) is 64.6 Å². The number of aromatic nitrogens is 2. The van der Waals surface area contributed by atoms with E-state index in [1.54, 1.807) is 0 Å². The van der Waals surface area contributed by atoms with Crippen LogP contribution in [0, 0.1) is 5.41 Å². The van der Waals surface area contributed by atoms with Crippen LogP contribution in [0.4, 0.5) is 0 Å². The van der Waals surface area contributed by atoms with Gasteiger partial charge in [0.05, 0.1) is 6.54 Å². The Hall–Kier alpha value is -0.870. The summed E-state index contributed by atoms with van der Waals surface area (Å²) in [7, 11) is 0. The number of piperazine rings is 1. The lowest BCUT2D eigenvalue weighted by Gasteiger charge is -2.50. The van der Waals surface area contributed by atoms with Crippen LogP contribution in [0.1, 0.15) is 46.5 Å². The molecule has 118 valence electrons. The van der Waals surface area contributed by atoms with E-state index >= 15 is 0 Å². The Balaban J connectivity index is 1.70. The Bertz CT molecular complexity index is 440. The number of nitrogens with zero attached hydrogens (tertiary/aromatic N) is 3. The molecular formula is C17H30N4. The first-order chi connectivity index (χ1) is 9.99. The Morgan fingerprint density at radius 1 is 1.24 bits per heavy atom. The summed E-state index contributed by atoms with van der Waals surface area (Å²) in [5, 5.41) is 8.26. The van der Waals surface area contributed by atoms with Crippen LogP contribution in [0.5, 0.6) is 0 Å². The maximum Gasteiger partial charge on any atom is 0.0536 e. The van der Waals surface area contributed by atoms with Gasteiger partial charge in [-0.3, -0.25) is 9.58 Å². The molecule has 0 bridgehead atoms. The number of rotatable bonds is 3. The molecule has 1 saturated heterocycles. The predicted molar refractivity (Wildman–Crippen MR) is 86.2 cm³/mol. The van der Waals surface area contributed by atoms with Gasteiger partial charge in [0.25, 0.3) is 0 Å². The number of hydrogen-bond donors (Lipinski definition) is 1. The van der Waals surface area contributed by atoms with Crippen molar-refractivity contribution in [1.82, 2.24) is 20.0 Å². The summed E-state index contributed by atoms with van der Waals surface area (Å²) in [5.74, 6) is 0.